The number of morpholine rings is 1. The van der Waals surface area contributed by atoms with E-state index in [2.05, 4.69) is 26.6 Å². The molecule has 0 atom stereocenters. The topological polar surface area (TPSA) is 86.8 Å². The number of thiazole rings is 1. The highest BCUT2D eigenvalue weighted by atomic mass is 35.5. The zero-order valence-electron chi connectivity index (χ0n) is 20.6. The van der Waals surface area contributed by atoms with Gasteiger partial charge in [0.15, 0.2) is 5.13 Å². The number of anilines is 3. The lowest BCUT2D eigenvalue weighted by Crippen LogP contribution is -2.37. The molecule has 0 aliphatic carbocycles. The van der Waals surface area contributed by atoms with E-state index >= 15 is 0 Å². The zero-order valence-corrected chi connectivity index (χ0v) is 22.9. The van der Waals surface area contributed by atoms with Crippen LogP contribution < -0.4 is 10.6 Å². The molecule has 2 amide bonds. The van der Waals surface area contributed by atoms with Gasteiger partial charge in [-0.2, -0.15) is 0 Å². The lowest BCUT2D eigenvalue weighted by atomic mass is 9.99. The van der Waals surface area contributed by atoms with Crippen molar-refractivity contribution in [3.63, 3.8) is 0 Å². The number of rotatable bonds is 7. The van der Waals surface area contributed by atoms with Crippen molar-refractivity contribution in [1.29, 1.82) is 0 Å². The van der Waals surface area contributed by atoms with Crippen molar-refractivity contribution < 1.29 is 14.3 Å². The zero-order chi connectivity index (χ0) is 26.5. The van der Waals surface area contributed by atoms with Crippen molar-refractivity contribution in [2.45, 2.75) is 13.0 Å². The number of carbonyl (C=O) groups excluding carboxylic acids is 2. The van der Waals surface area contributed by atoms with E-state index in [4.69, 9.17) is 27.9 Å². The molecule has 2 aliphatic rings. The number of ether oxygens (including phenoxy) is 1. The van der Waals surface area contributed by atoms with Crippen molar-refractivity contribution in [3.05, 3.63) is 80.8 Å². The fourth-order valence-corrected chi connectivity index (χ4v) is 5.43. The summed E-state index contributed by atoms with van der Waals surface area (Å²) < 4.78 is 5.36. The molecule has 11 heteroatoms. The van der Waals surface area contributed by atoms with Crippen molar-refractivity contribution in [1.82, 2.24) is 14.8 Å². The molecule has 0 unspecified atom stereocenters. The molecule has 2 N–H and O–H groups in total. The Kier molecular flexibility index (Phi) is 8.61. The first kappa shape index (κ1) is 26.6. The minimum atomic E-state index is -0.311. The summed E-state index contributed by atoms with van der Waals surface area (Å²) >= 11 is 13.4. The molecular weight excluding hydrogens is 545 g/mol. The molecule has 0 saturated carbocycles. The van der Waals surface area contributed by atoms with Crippen LogP contribution in [-0.4, -0.2) is 66.0 Å². The Morgan fingerprint density at radius 1 is 1.11 bits per heavy atom. The number of benzene rings is 2. The molecule has 38 heavy (non-hydrogen) atoms. The number of nitrogens with one attached hydrogen (secondary N) is 2. The largest absolute Gasteiger partial charge is 0.379 e. The van der Waals surface area contributed by atoms with Gasteiger partial charge < -0.3 is 20.3 Å². The van der Waals surface area contributed by atoms with Gasteiger partial charge in [0.05, 0.1) is 35.1 Å². The summed E-state index contributed by atoms with van der Waals surface area (Å²) in [7, 11) is 0. The molecule has 2 aromatic carbocycles. The van der Waals surface area contributed by atoms with E-state index in [1.165, 1.54) is 23.1 Å². The van der Waals surface area contributed by atoms with Crippen LogP contribution in [0.15, 0.2) is 54.7 Å². The molecule has 5 rings (SSSR count). The van der Waals surface area contributed by atoms with Crippen LogP contribution in [0.3, 0.4) is 0 Å². The summed E-state index contributed by atoms with van der Waals surface area (Å²) in [5, 5.41) is 7.32. The van der Waals surface area contributed by atoms with Crippen LogP contribution in [0.5, 0.6) is 0 Å². The van der Waals surface area contributed by atoms with Crippen LogP contribution in [0, 0.1) is 0 Å². The van der Waals surface area contributed by atoms with Gasteiger partial charge in [-0.05, 0) is 41.8 Å². The molecule has 3 heterocycles. The molecule has 198 valence electrons. The molecular formula is C27H27Cl2N5O3S. The average molecular weight is 573 g/mol. The molecule has 2 aliphatic heterocycles. The van der Waals surface area contributed by atoms with Crippen molar-refractivity contribution in [2.75, 3.05) is 50.0 Å². The third kappa shape index (κ3) is 6.54. The number of amides is 2. The minimum Gasteiger partial charge on any atom is -0.379 e. The lowest BCUT2D eigenvalue weighted by molar-refractivity contribution is -0.126. The van der Waals surface area contributed by atoms with Gasteiger partial charge in [-0.3, -0.25) is 14.5 Å². The first-order valence-electron chi connectivity index (χ1n) is 12.3. The maximum Gasteiger partial charge on any atom is 0.267 e. The Morgan fingerprint density at radius 3 is 2.79 bits per heavy atom. The normalized spacial score (nSPS) is 15.9. The van der Waals surface area contributed by atoms with Gasteiger partial charge in [0.2, 0.25) is 5.91 Å². The quantitative estimate of drug-likeness (QED) is 0.378. The first-order valence-corrected chi connectivity index (χ1v) is 13.9. The smallest absolute Gasteiger partial charge is 0.267 e. The van der Waals surface area contributed by atoms with E-state index in [0.29, 0.717) is 38.8 Å². The SMILES string of the molecule is O=C(Nc1cccc(Cl)c1Cl)c1cnc(Nc2ccc3c(c2)CCN(C(=O)/C=C/CN2CCOCC2)C3)s1. The van der Waals surface area contributed by atoms with Crippen molar-refractivity contribution in [3.8, 4) is 0 Å². The molecule has 0 bridgehead atoms. The maximum atomic E-state index is 12.7. The summed E-state index contributed by atoms with van der Waals surface area (Å²) in [5.41, 5.74) is 3.66. The Hall–Kier alpha value is -2.95. The Labute approximate surface area is 235 Å². The summed E-state index contributed by atoms with van der Waals surface area (Å²) in [5.74, 6) is -0.271. The van der Waals surface area contributed by atoms with E-state index in [1.54, 1.807) is 24.3 Å². The Bertz CT molecular complexity index is 1360. The second kappa shape index (κ2) is 12.3. The number of halogens is 2. The van der Waals surface area contributed by atoms with E-state index in [-0.39, 0.29) is 11.8 Å². The molecule has 1 fully saturated rings. The van der Waals surface area contributed by atoms with Crippen LogP contribution in [0.2, 0.25) is 10.0 Å². The van der Waals surface area contributed by atoms with Crippen molar-refractivity contribution >= 4 is 62.9 Å². The highest BCUT2D eigenvalue weighted by Gasteiger charge is 2.20. The van der Waals surface area contributed by atoms with Crippen LogP contribution >= 0.6 is 34.5 Å². The number of hydrogen-bond donors (Lipinski definition) is 2. The fourth-order valence-electron chi connectivity index (χ4n) is 4.36. The predicted octanol–water partition coefficient (Wildman–Crippen LogP) is 5.22. The van der Waals surface area contributed by atoms with E-state index < -0.39 is 0 Å². The maximum absolute atomic E-state index is 12.7. The predicted molar refractivity (Wildman–Crippen MR) is 152 cm³/mol. The summed E-state index contributed by atoms with van der Waals surface area (Å²) in [6.07, 6.45) is 5.93. The number of nitrogens with zero attached hydrogens (tertiary/aromatic N) is 3. The van der Waals surface area contributed by atoms with Gasteiger partial charge in [-0.1, -0.05) is 52.7 Å². The third-order valence-electron chi connectivity index (χ3n) is 6.44. The molecule has 8 nitrogen and oxygen atoms in total. The molecule has 3 aromatic rings. The minimum absolute atomic E-state index is 0.0405. The summed E-state index contributed by atoms with van der Waals surface area (Å²) in [6.45, 7) is 5.33. The number of fused-ring (bicyclic) bond motifs is 1. The van der Waals surface area contributed by atoms with Gasteiger partial charge in [-0.15, -0.1) is 0 Å². The number of carbonyl (C=O) groups is 2. The van der Waals surface area contributed by atoms with E-state index in [9.17, 15) is 9.59 Å². The number of hydrogen-bond acceptors (Lipinski definition) is 7. The molecule has 0 radical (unpaired) electrons. The fraction of sp³-hybridized carbons (Fsp3) is 0.296. The molecule has 1 saturated heterocycles. The molecule has 0 spiro atoms. The first-order chi connectivity index (χ1) is 18.5. The summed E-state index contributed by atoms with van der Waals surface area (Å²) in [4.78, 5) is 34.3. The van der Waals surface area contributed by atoms with Crippen LogP contribution in [0.4, 0.5) is 16.5 Å². The van der Waals surface area contributed by atoms with Gasteiger partial charge in [-0.25, -0.2) is 4.98 Å². The Morgan fingerprint density at radius 2 is 1.95 bits per heavy atom. The van der Waals surface area contributed by atoms with Crippen LogP contribution in [0.1, 0.15) is 20.8 Å². The highest BCUT2D eigenvalue weighted by Crippen LogP contribution is 2.31. The Balaban J connectivity index is 1.16. The molecule has 1 aromatic heterocycles. The number of aromatic nitrogens is 1. The van der Waals surface area contributed by atoms with E-state index in [1.807, 2.05) is 23.1 Å². The van der Waals surface area contributed by atoms with Crippen LogP contribution in [-0.2, 0) is 22.5 Å². The van der Waals surface area contributed by atoms with Crippen LogP contribution in [0.25, 0.3) is 0 Å². The standard InChI is InChI=1S/C27H27Cl2N5O3S/c28-21-3-1-4-22(25(21)29)32-26(36)23-16-30-27(38-23)31-20-7-6-19-17-34(10-8-18(19)15-20)24(35)5-2-9-33-11-13-37-14-12-33/h1-7,15-16H,8-14,17H2,(H,30,31)(H,32,36)/b5-2+. The van der Waals surface area contributed by atoms with Gasteiger partial charge in [0.25, 0.3) is 5.91 Å². The van der Waals surface area contributed by atoms with Crippen molar-refractivity contribution in [2.24, 2.45) is 0 Å². The summed E-state index contributed by atoms with van der Waals surface area (Å²) in [6, 6.07) is 11.2. The van der Waals surface area contributed by atoms with Gasteiger partial charge in [0.1, 0.15) is 4.88 Å². The monoisotopic (exact) mass is 571 g/mol. The van der Waals surface area contributed by atoms with Gasteiger partial charge in [0, 0.05) is 44.5 Å². The lowest BCUT2D eigenvalue weighted by Gasteiger charge is -2.28. The van der Waals surface area contributed by atoms with E-state index in [0.717, 1.165) is 50.5 Å². The van der Waals surface area contributed by atoms with Gasteiger partial charge >= 0.3 is 0 Å². The second-order valence-electron chi connectivity index (χ2n) is 9.02. The highest BCUT2D eigenvalue weighted by molar-refractivity contribution is 7.17. The average Bonchev–Trinajstić information content (AvgIpc) is 3.40. The third-order valence-corrected chi connectivity index (χ3v) is 8.17. The second-order valence-corrected chi connectivity index (χ2v) is 10.8.